The van der Waals surface area contributed by atoms with E-state index in [1.807, 2.05) is 78.9 Å². The topological polar surface area (TPSA) is 85.8 Å². The Morgan fingerprint density at radius 2 is 1.21 bits per heavy atom. The van der Waals surface area contributed by atoms with Crippen LogP contribution in [0.1, 0.15) is 11.4 Å². The van der Waals surface area contributed by atoms with E-state index in [0.29, 0.717) is 11.4 Å². The second kappa shape index (κ2) is 6.65. The molecule has 1 aromatic heterocycles. The molecular formula is C28H13N5O. The molecule has 0 saturated heterocycles. The minimum absolute atomic E-state index is 0.0438. The number of fused-ring (bicyclic) bond motifs is 5. The van der Waals surface area contributed by atoms with Gasteiger partial charge in [0.1, 0.15) is 12.1 Å². The summed E-state index contributed by atoms with van der Waals surface area (Å²) < 4.78 is 6.18. The van der Waals surface area contributed by atoms with Crippen LogP contribution in [0.3, 0.4) is 0 Å². The Hall–Kier alpha value is -5.20. The molecule has 0 radical (unpaired) electrons. The minimum atomic E-state index is 0.0438. The van der Waals surface area contributed by atoms with E-state index < -0.39 is 0 Å². The molecule has 0 amide bonds. The Labute approximate surface area is 194 Å². The number of aromatic nitrogens is 2. The SMILES string of the molecule is N#Cc1nc2c(nc1C#N)-c1ccc(N3c4ccccc4Oc4ccccc43)c3cccc-2c13. The molecule has 0 spiro atoms. The number of rotatable bonds is 1. The van der Waals surface area contributed by atoms with Gasteiger partial charge < -0.3 is 9.64 Å². The van der Waals surface area contributed by atoms with Gasteiger partial charge in [-0.2, -0.15) is 10.5 Å². The Kier molecular flexibility index (Phi) is 3.59. The zero-order valence-corrected chi connectivity index (χ0v) is 17.6. The van der Waals surface area contributed by atoms with Crippen molar-refractivity contribution in [2.75, 3.05) is 4.90 Å². The van der Waals surface area contributed by atoms with Crippen LogP contribution < -0.4 is 9.64 Å². The molecule has 4 aromatic carbocycles. The average Bonchev–Trinajstić information content (AvgIpc) is 3.21. The zero-order chi connectivity index (χ0) is 22.8. The molecule has 0 atom stereocenters. The summed E-state index contributed by atoms with van der Waals surface area (Å²) in [5.41, 5.74) is 6.08. The van der Waals surface area contributed by atoms with E-state index >= 15 is 0 Å². The van der Waals surface area contributed by atoms with Crippen LogP contribution in [0.25, 0.3) is 33.3 Å². The van der Waals surface area contributed by atoms with Gasteiger partial charge in [-0.25, -0.2) is 9.97 Å². The second-order valence-corrected chi connectivity index (χ2v) is 8.07. The summed E-state index contributed by atoms with van der Waals surface area (Å²) in [6.45, 7) is 0. The number of anilines is 3. The number of para-hydroxylation sites is 4. The number of ether oxygens (including phenoxy) is 1. The third-order valence-corrected chi connectivity index (χ3v) is 6.31. The van der Waals surface area contributed by atoms with Crippen LogP contribution in [-0.4, -0.2) is 9.97 Å². The molecule has 0 fully saturated rings. The third kappa shape index (κ3) is 2.31. The predicted molar refractivity (Wildman–Crippen MR) is 128 cm³/mol. The lowest BCUT2D eigenvalue weighted by Crippen LogP contribution is -2.16. The highest BCUT2D eigenvalue weighted by Gasteiger charge is 2.31. The summed E-state index contributed by atoms with van der Waals surface area (Å²) in [4.78, 5) is 11.2. The number of benzene rings is 4. The summed E-state index contributed by atoms with van der Waals surface area (Å²) in [5, 5.41) is 21.0. The fourth-order valence-electron chi connectivity index (χ4n) is 4.91. The Morgan fingerprint density at radius 3 is 1.82 bits per heavy atom. The molecule has 2 aliphatic rings. The molecule has 0 unspecified atom stereocenters. The lowest BCUT2D eigenvalue weighted by Gasteiger charge is -2.33. The van der Waals surface area contributed by atoms with E-state index in [4.69, 9.17) is 4.74 Å². The van der Waals surface area contributed by atoms with Crippen molar-refractivity contribution in [3.8, 4) is 46.2 Å². The predicted octanol–water partition coefficient (Wildman–Crippen LogP) is 6.60. The first-order valence-electron chi connectivity index (χ1n) is 10.7. The van der Waals surface area contributed by atoms with Crippen LogP contribution in [0, 0.1) is 22.7 Å². The van der Waals surface area contributed by atoms with Crippen molar-refractivity contribution in [2.24, 2.45) is 0 Å². The lowest BCUT2D eigenvalue weighted by atomic mass is 10.0. The average molecular weight is 435 g/mol. The molecule has 0 bridgehead atoms. The molecule has 1 aliphatic carbocycles. The number of hydrogen-bond acceptors (Lipinski definition) is 6. The van der Waals surface area contributed by atoms with Crippen LogP contribution >= 0.6 is 0 Å². The quantitative estimate of drug-likeness (QED) is 0.289. The molecule has 7 rings (SSSR count). The highest BCUT2D eigenvalue weighted by molar-refractivity contribution is 6.18. The summed E-state index contributed by atoms with van der Waals surface area (Å²) >= 11 is 0. The van der Waals surface area contributed by atoms with Gasteiger partial charge in [-0.1, -0.05) is 42.5 Å². The summed E-state index contributed by atoms with van der Waals surface area (Å²) in [5.74, 6) is 1.57. The second-order valence-electron chi connectivity index (χ2n) is 8.07. The monoisotopic (exact) mass is 435 g/mol. The Morgan fingerprint density at radius 1 is 0.618 bits per heavy atom. The molecule has 6 nitrogen and oxygen atoms in total. The van der Waals surface area contributed by atoms with E-state index in [0.717, 1.165) is 50.5 Å². The first kappa shape index (κ1) is 18.4. The number of hydrogen-bond donors (Lipinski definition) is 0. The van der Waals surface area contributed by atoms with Crippen LogP contribution in [0.5, 0.6) is 11.5 Å². The Bertz CT molecular complexity index is 1680. The van der Waals surface area contributed by atoms with Crippen molar-refractivity contribution in [3.05, 3.63) is 90.3 Å². The first-order valence-corrected chi connectivity index (χ1v) is 10.7. The fourth-order valence-corrected chi connectivity index (χ4v) is 4.91. The molecule has 1 aliphatic heterocycles. The highest BCUT2D eigenvalue weighted by Crippen LogP contribution is 2.54. The van der Waals surface area contributed by atoms with Gasteiger partial charge in [-0.05, 0) is 36.4 Å². The van der Waals surface area contributed by atoms with Crippen molar-refractivity contribution < 1.29 is 4.74 Å². The molecule has 6 heteroatoms. The van der Waals surface area contributed by atoms with Crippen LogP contribution in [-0.2, 0) is 0 Å². The molecule has 2 heterocycles. The normalized spacial score (nSPS) is 12.2. The van der Waals surface area contributed by atoms with Crippen LogP contribution in [0.2, 0.25) is 0 Å². The number of nitriles is 2. The maximum atomic E-state index is 9.47. The van der Waals surface area contributed by atoms with E-state index in [1.54, 1.807) is 0 Å². The zero-order valence-electron chi connectivity index (χ0n) is 17.6. The van der Waals surface area contributed by atoms with E-state index in [1.165, 1.54) is 0 Å². The maximum absolute atomic E-state index is 9.47. The van der Waals surface area contributed by atoms with E-state index in [2.05, 4.69) is 27.0 Å². The highest BCUT2D eigenvalue weighted by atomic mass is 16.5. The molecule has 34 heavy (non-hydrogen) atoms. The summed E-state index contributed by atoms with van der Waals surface area (Å²) in [6.07, 6.45) is 0. The van der Waals surface area contributed by atoms with E-state index in [9.17, 15) is 10.5 Å². The van der Waals surface area contributed by atoms with Gasteiger partial charge in [-0.3, -0.25) is 0 Å². The molecule has 5 aromatic rings. The van der Waals surface area contributed by atoms with Gasteiger partial charge in [0, 0.05) is 21.9 Å². The largest absolute Gasteiger partial charge is 0.453 e. The lowest BCUT2D eigenvalue weighted by molar-refractivity contribution is 0.477. The van der Waals surface area contributed by atoms with Crippen LogP contribution in [0.4, 0.5) is 17.1 Å². The molecule has 0 saturated carbocycles. The van der Waals surface area contributed by atoms with Gasteiger partial charge in [0.05, 0.1) is 28.5 Å². The maximum Gasteiger partial charge on any atom is 0.177 e. The number of nitrogens with zero attached hydrogens (tertiary/aromatic N) is 5. The minimum Gasteiger partial charge on any atom is -0.453 e. The third-order valence-electron chi connectivity index (χ3n) is 6.31. The molecular weight excluding hydrogens is 422 g/mol. The van der Waals surface area contributed by atoms with Gasteiger partial charge in [-0.15, -0.1) is 0 Å². The standard InChI is InChI=1S/C28H13N5O/c29-14-19-20(15-30)32-28-18-12-13-21(16-6-5-7-17(26(16)18)27(28)31-19)33-22-8-1-3-10-24(22)34-25-11-4-2-9-23(25)33/h1-13H. The van der Waals surface area contributed by atoms with E-state index in [-0.39, 0.29) is 11.4 Å². The first-order chi connectivity index (χ1) is 16.8. The smallest absolute Gasteiger partial charge is 0.177 e. The van der Waals surface area contributed by atoms with Gasteiger partial charge in [0.2, 0.25) is 0 Å². The van der Waals surface area contributed by atoms with Gasteiger partial charge in [0.25, 0.3) is 0 Å². The van der Waals surface area contributed by atoms with Crippen molar-refractivity contribution in [2.45, 2.75) is 0 Å². The van der Waals surface area contributed by atoms with Crippen LogP contribution in [0.15, 0.2) is 78.9 Å². The van der Waals surface area contributed by atoms with Crippen molar-refractivity contribution >= 4 is 27.8 Å². The van der Waals surface area contributed by atoms with Crippen molar-refractivity contribution in [1.29, 1.82) is 10.5 Å². The fraction of sp³-hybridized carbons (Fsp3) is 0. The molecule has 0 N–H and O–H groups in total. The van der Waals surface area contributed by atoms with Crippen molar-refractivity contribution in [1.82, 2.24) is 9.97 Å². The summed E-state index contributed by atoms with van der Waals surface area (Å²) in [7, 11) is 0. The van der Waals surface area contributed by atoms with Gasteiger partial charge >= 0.3 is 0 Å². The molecule has 156 valence electrons. The summed E-state index contributed by atoms with van der Waals surface area (Å²) in [6, 6.07) is 30.1. The Balaban J connectivity index is 1.54. The van der Waals surface area contributed by atoms with Crippen molar-refractivity contribution in [3.63, 3.8) is 0 Å². The van der Waals surface area contributed by atoms with Gasteiger partial charge in [0.15, 0.2) is 22.9 Å².